The minimum atomic E-state index is 0.477. The van der Waals surface area contributed by atoms with Crippen LogP contribution in [0.3, 0.4) is 0 Å². The first-order valence-corrected chi connectivity index (χ1v) is 9.21. The molecule has 0 radical (unpaired) electrons. The molecule has 0 saturated carbocycles. The summed E-state index contributed by atoms with van der Waals surface area (Å²) in [6.45, 7) is 2.35. The van der Waals surface area contributed by atoms with Crippen molar-refractivity contribution in [1.29, 1.82) is 0 Å². The van der Waals surface area contributed by atoms with E-state index in [1.807, 2.05) is 11.3 Å². The molecule has 2 saturated heterocycles. The highest BCUT2D eigenvalue weighted by molar-refractivity contribution is 7.15. The van der Waals surface area contributed by atoms with Gasteiger partial charge >= 0.3 is 0 Å². The molecule has 1 aromatic heterocycles. The first-order chi connectivity index (χ1) is 10.3. The first-order valence-electron chi connectivity index (χ1n) is 8.40. The van der Waals surface area contributed by atoms with Gasteiger partial charge in [0.25, 0.3) is 0 Å². The molecular weight excluding hydrogens is 280 g/mol. The Morgan fingerprint density at radius 3 is 2.90 bits per heavy atom. The second-order valence-electron chi connectivity index (χ2n) is 6.82. The smallest absolute Gasteiger partial charge is 0.185 e. The van der Waals surface area contributed by atoms with Gasteiger partial charge in [-0.05, 0) is 52.6 Å². The van der Waals surface area contributed by atoms with Crippen LogP contribution < -0.4 is 10.2 Å². The SMILES string of the molecule is CNC1CCCc2sc(N3CCC4CCC(C3)N4C)nc21. The monoisotopic (exact) mass is 306 g/mol. The fourth-order valence-corrected chi connectivity index (χ4v) is 5.50. The van der Waals surface area contributed by atoms with Crippen LogP contribution in [-0.4, -0.2) is 49.2 Å². The van der Waals surface area contributed by atoms with Gasteiger partial charge in [0.2, 0.25) is 0 Å². The van der Waals surface area contributed by atoms with Gasteiger partial charge in [0, 0.05) is 30.1 Å². The fraction of sp³-hybridized carbons (Fsp3) is 0.812. The Kier molecular flexibility index (Phi) is 3.67. The van der Waals surface area contributed by atoms with Crippen molar-refractivity contribution in [1.82, 2.24) is 15.2 Å². The standard InChI is InChI=1S/C16H26N4S/c1-17-13-4-3-5-14-15(13)18-16(21-14)20-9-8-11-6-7-12(10-20)19(11)2/h11-13,17H,3-10H2,1-2H3. The highest BCUT2D eigenvalue weighted by atomic mass is 32.1. The third kappa shape index (κ3) is 2.39. The van der Waals surface area contributed by atoms with Crippen molar-refractivity contribution in [3.63, 3.8) is 0 Å². The number of thiazole rings is 1. The average Bonchev–Trinajstić information content (AvgIpc) is 3.00. The molecule has 0 amide bonds. The van der Waals surface area contributed by atoms with E-state index in [0.29, 0.717) is 6.04 Å². The van der Waals surface area contributed by atoms with Crippen LogP contribution in [0, 0.1) is 0 Å². The topological polar surface area (TPSA) is 31.4 Å². The van der Waals surface area contributed by atoms with Crippen molar-refractivity contribution in [2.24, 2.45) is 0 Å². The Morgan fingerprint density at radius 1 is 1.19 bits per heavy atom. The quantitative estimate of drug-likeness (QED) is 0.909. The lowest BCUT2D eigenvalue weighted by Crippen LogP contribution is -2.36. The van der Waals surface area contributed by atoms with Crippen LogP contribution in [0.1, 0.15) is 48.7 Å². The second-order valence-corrected chi connectivity index (χ2v) is 7.89. The fourth-order valence-electron chi connectivity index (χ4n) is 4.30. The van der Waals surface area contributed by atoms with Gasteiger partial charge in [0.1, 0.15) is 0 Å². The summed E-state index contributed by atoms with van der Waals surface area (Å²) < 4.78 is 0. The average molecular weight is 306 g/mol. The first kappa shape index (κ1) is 14.0. The minimum Gasteiger partial charge on any atom is -0.346 e. The van der Waals surface area contributed by atoms with Gasteiger partial charge < -0.3 is 10.2 Å². The van der Waals surface area contributed by atoms with Crippen molar-refractivity contribution in [3.05, 3.63) is 10.6 Å². The lowest BCUT2D eigenvalue weighted by molar-refractivity contribution is 0.254. The summed E-state index contributed by atoms with van der Waals surface area (Å²) in [5.41, 5.74) is 1.34. The van der Waals surface area contributed by atoms with Crippen LogP contribution in [0.25, 0.3) is 0 Å². The highest BCUT2D eigenvalue weighted by Crippen LogP contribution is 2.38. The van der Waals surface area contributed by atoms with E-state index in [-0.39, 0.29) is 0 Å². The molecule has 0 spiro atoms. The van der Waals surface area contributed by atoms with Gasteiger partial charge in [-0.3, -0.25) is 4.90 Å². The third-order valence-corrected chi connectivity index (χ3v) is 6.90. The summed E-state index contributed by atoms with van der Waals surface area (Å²) in [5.74, 6) is 0. The molecule has 4 nitrogen and oxygen atoms in total. The van der Waals surface area contributed by atoms with Crippen LogP contribution >= 0.6 is 11.3 Å². The van der Waals surface area contributed by atoms with Gasteiger partial charge in [-0.15, -0.1) is 11.3 Å². The normalized spacial score (nSPS) is 33.0. The summed E-state index contributed by atoms with van der Waals surface area (Å²) >= 11 is 1.96. The van der Waals surface area contributed by atoms with Crippen molar-refractivity contribution in [2.45, 2.75) is 56.7 Å². The van der Waals surface area contributed by atoms with Gasteiger partial charge in [-0.25, -0.2) is 4.98 Å². The number of nitrogens with one attached hydrogen (secondary N) is 1. The maximum Gasteiger partial charge on any atom is 0.185 e. The number of rotatable bonds is 2. The van der Waals surface area contributed by atoms with Gasteiger partial charge in [-0.2, -0.15) is 0 Å². The molecule has 116 valence electrons. The largest absolute Gasteiger partial charge is 0.346 e. The summed E-state index contributed by atoms with van der Waals surface area (Å²) in [7, 11) is 4.38. The van der Waals surface area contributed by atoms with E-state index < -0.39 is 0 Å². The van der Waals surface area contributed by atoms with E-state index in [9.17, 15) is 0 Å². The molecule has 2 bridgehead atoms. The molecule has 2 fully saturated rings. The van der Waals surface area contributed by atoms with Gasteiger partial charge in [-0.1, -0.05) is 0 Å². The second kappa shape index (κ2) is 5.52. The molecule has 21 heavy (non-hydrogen) atoms. The van der Waals surface area contributed by atoms with Crippen LogP contribution in [0.2, 0.25) is 0 Å². The van der Waals surface area contributed by atoms with Crippen molar-refractivity contribution in [3.8, 4) is 0 Å². The molecule has 0 aromatic carbocycles. The number of aromatic nitrogens is 1. The summed E-state index contributed by atoms with van der Waals surface area (Å²) in [4.78, 5) is 11.7. The van der Waals surface area contributed by atoms with E-state index in [1.54, 1.807) is 0 Å². The number of anilines is 1. The van der Waals surface area contributed by atoms with Crippen molar-refractivity contribution >= 4 is 16.5 Å². The third-order valence-electron chi connectivity index (χ3n) is 5.71. The van der Waals surface area contributed by atoms with Crippen LogP contribution in [0.15, 0.2) is 0 Å². The number of aryl methyl sites for hydroxylation is 1. The Morgan fingerprint density at radius 2 is 2.05 bits per heavy atom. The molecule has 3 unspecified atom stereocenters. The molecular formula is C16H26N4S. The van der Waals surface area contributed by atoms with E-state index in [4.69, 9.17) is 4.98 Å². The lowest BCUT2D eigenvalue weighted by Gasteiger charge is -2.25. The molecule has 5 heteroatoms. The minimum absolute atomic E-state index is 0.477. The number of hydrogen-bond donors (Lipinski definition) is 1. The molecule has 4 rings (SSSR count). The summed E-state index contributed by atoms with van der Waals surface area (Å²) in [6, 6.07) is 2.02. The number of nitrogens with zero attached hydrogens (tertiary/aromatic N) is 3. The molecule has 2 aliphatic heterocycles. The van der Waals surface area contributed by atoms with Crippen LogP contribution in [0.4, 0.5) is 5.13 Å². The molecule has 1 N–H and O–H groups in total. The number of likely N-dealkylation sites (N-methyl/N-ethyl adjacent to an activating group) is 1. The van der Waals surface area contributed by atoms with Crippen molar-refractivity contribution < 1.29 is 0 Å². The highest BCUT2D eigenvalue weighted by Gasteiger charge is 2.36. The molecule has 3 atom stereocenters. The van der Waals surface area contributed by atoms with Crippen LogP contribution in [0.5, 0.6) is 0 Å². The predicted octanol–water partition coefficient (Wildman–Crippen LogP) is 2.41. The maximum absolute atomic E-state index is 5.04. The Labute approximate surface area is 131 Å². The van der Waals surface area contributed by atoms with Gasteiger partial charge in [0.05, 0.1) is 11.7 Å². The Hall–Kier alpha value is -0.650. The van der Waals surface area contributed by atoms with E-state index in [2.05, 4.69) is 29.2 Å². The lowest BCUT2D eigenvalue weighted by atomic mass is 9.98. The Balaban J connectivity index is 1.58. The predicted molar refractivity (Wildman–Crippen MR) is 88.3 cm³/mol. The Bertz CT molecular complexity index is 514. The summed E-state index contributed by atoms with van der Waals surface area (Å²) in [6.07, 6.45) is 7.82. The maximum atomic E-state index is 5.04. The zero-order chi connectivity index (χ0) is 14.4. The molecule has 3 heterocycles. The van der Waals surface area contributed by atoms with E-state index in [1.165, 1.54) is 67.3 Å². The molecule has 1 aromatic rings. The van der Waals surface area contributed by atoms with E-state index in [0.717, 1.165) is 12.1 Å². The zero-order valence-corrected chi connectivity index (χ0v) is 14.0. The van der Waals surface area contributed by atoms with Crippen molar-refractivity contribution in [2.75, 3.05) is 32.1 Å². The summed E-state index contributed by atoms with van der Waals surface area (Å²) in [5, 5.41) is 4.72. The molecule has 3 aliphatic rings. The van der Waals surface area contributed by atoms with Crippen LogP contribution in [-0.2, 0) is 6.42 Å². The van der Waals surface area contributed by atoms with E-state index >= 15 is 0 Å². The van der Waals surface area contributed by atoms with Gasteiger partial charge in [0.15, 0.2) is 5.13 Å². The number of hydrogen-bond acceptors (Lipinski definition) is 5. The number of fused-ring (bicyclic) bond motifs is 3. The molecule has 1 aliphatic carbocycles. The zero-order valence-electron chi connectivity index (χ0n) is 13.1.